The number of piperazine rings is 1. The number of nitrogens with one attached hydrogen (secondary N) is 1. The van der Waals surface area contributed by atoms with Gasteiger partial charge in [-0.05, 0) is 45.0 Å². The van der Waals surface area contributed by atoms with E-state index in [4.69, 9.17) is 0 Å². The third-order valence-corrected chi connectivity index (χ3v) is 4.38. The predicted molar refractivity (Wildman–Crippen MR) is 91.3 cm³/mol. The highest BCUT2D eigenvalue weighted by atomic mass is 16.1. The first-order valence-corrected chi connectivity index (χ1v) is 8.48. The topological polar surface area (TPSA) is 35.6 Å². The first-order chi connectivity index (χ1) is 10.7. The minimum absolute atomic E-state index is 0.0419. The predicted octanol–water partition coefficient (Wildman–Crippen LogP) is 2.14. The Bertz CT molecular complexity index is 467. The third kappa shape index (κ3) is 5.43. The van der Waals surface area contributed by atoms with Gasteiger partial charge >= 0.3 is 0 Å². The number of nitrogens with zero attached hydrogens (tertiary/aromatic N) is 2. The van der Waals surface area contributed by atoms with Crippen LogP contribution in [0.5, 0.6) is 0 Å². The summed E-state index contributed by atoms with van der Waals surface area (Å²) in [5.41, 5.74) is 1.88. The molecule has 1 saturated heterocycles. The molecule has 0 aliphatic carbocycles. The molecule has 1 amide bonds. The minimum atomic E-state index is 0.0419. The minimum Gasteiger partial charge on any atom is -0.352 e. The van der Waals surface area contributed by atoms with Crippen molar-refractivity contribution in [2.24, 2.45) is 0 Å². The highest BCUT2D eigenvalue weighted by Gasteiger charge is 2.14. The lowest BCUT2D eigenvalue weighted by Gasteiger charge is -2.33. The van der Waals surface area contributed by atoms with E-state index in [-0.39, 0.29) is 5.91 Å². The number of unbranched alkanes of at least 4 members (excludes halogenated alkanes) is 1. The van der Waals surface area contributed by atoms with E-state index < -0.39 is 0 Å². The van der Waals surface area contributed by atoms with Gasteiger partial charge in [0.1, 0.15) is 0 Å². The van der Waals surface area contributed by atoms with Crippen LogP contribution in [0.2, 0.25) is 0 Å². The molecule has 0 bridgehead atoms. The first-order valence-electron chi connectivity index (χ1n) is 8.48. The van der Waals surface area contributed by atoms with Crippen molar-refractivity contribution < 1.29 is 4.79 Å². The Balaban J connectivity index is 1.57. The monoisotopic (exact) mass is 303 g/mol. The molecule has 4 heteroatoms. The van der Waals surface area contributed by atoms with Gasteiger partial charge in [0.15, 0.2) is 0 Å². The van der Waals surface area contributed by atoms with Gasteiger partial charge in [-0.25, -0.2) is 0 Å². The normalized spacial score (nSPS) is 16.6. The number of aryl methyl sites for hydroxylation is 1. The van der Waals surface area contributed by atoms with Crippen molar-refractivity contribution in [3.63, 3.8) is 0 Å². The van der Waals surface area contributed by atoms with E-state index in [1.54, 1.807) is 0 Å². The maximum Gasteiger partial charge on any atom is 0.251 e. The number of hydrogen-bond acceptors (Lipinski definition) is 3. The molecule has 0 radical (unpaired) electrons. The van der Waals surface area contributed by atoms with Crippen LogP contribution in [-0.4, -0.2) is 61.5 Å². The van der Waals surface area contributed by atoms with Crippen LogP contribution in [0.25, 0.3) is 0 Å². The second-order valence-corrected chi connectivity index (χ2v) is 6.11. The molecular weight excluding hydrogens is 274 g/mol. The van der Waals surface area contributed by atoms with E-state index >= 15 is 0 Å². The molecule has 0 spiro atoms. The molecule has 1 aliphatic heterocycles. The molecule has 1 aromatic carbocycles. The van der Waals surface area contributed by atoms with Crippen LogP contribution in [0.4, 0.5) is 0 Å². The van der Waals surface area contributed by atoms with E-state index in [1.165, 1.54) is 32.7 Å². The maximum atomic E-state index is 12.0. The summed E-state index contributed by atoms with van der Waals surface area (Å²) in [5, 5.41) is 3.01. The van der Waals surface area contributed by atoms with Gasteiger partial charge in [-0.3, -0.25) is 4.79 Å². The van der Waals surface area contributed by atoms with Crippen molar-refractivity contribution in [2.45, 2.75) is 26.7 Å². The van der Waals surface area contributed by atoms with E-state index in [0.29, 0.717) is 0 Å². The summed E-state index contributed by atoms with van der Waals surface area (Å²) < 4.78 is 0. The van der Waals surface area contributed by atoms with Gasteiger partial charge < -0.3 is 15.1 Å². The van der Waals surface area contributed by atoms with E-state index in [9.17, 15) is 4.79 Å². The largest absolute Gasteiger partial charge is 0.352 e. The van der Waals surface area contributed by atoms with E-state index in [1.807, 2.05) is 31.2 Å². The Morgan fingerprint density at radius 2 is 1.86 bits per heavy atom. The average molecular weight is 303 g/mol. The highest BCUT2D eigenvalue weighted by molar-refractivity contribution is 5.94. The molecule has 1 heterocycles. The number of rotatable bonds is 7. The molecule has 1 aliphatic rings. The fraction of sp³-hybridized carbons (Fsp3) is 0.611. The zero-order chi connectivity index (χ0) is 15.8. The third-order valence-electron chi connectivity index (χ3n) is 4.38. The molecule has 22 heavy (non-hydrogen) atoms. The Labute approximate surface area is 134 Å². The van der Waals surface area contributed by atoms with Crippen LogP contribution in [-0.2, 0) is 0 Å². The summed E-state index contributed by atoms with van der Waals surface area (Å²) in [6.45, 7) is 12.1. The van der Waals surface area contributed by atoms with Crippen molar-refractivity contribution in [3.8, 4) is 0 Å². The second-order valence-electron chi connectivity index (χ2n) is 6.11. The summed E-state index contributed by atoms with van der Waals surface area (Å²) in [7, 11) is 0. The van der Waals surface area contributed by atoms with Crippen LogP contribution < -0.4 is 5.32 Å². The van der Waals surface area contributed by atoms with Gasteiger partial charge in [0.2, 0.25) is 0 Å². The van der Waals surface area contributed by atoms with Crippen LogP contribution in [0.1, 0.15) is 35.7 Å². The summed E-state index contributed by atoms with van der Waals surface area (Å²) >= 11 is 0. The summed E-state index contributed by atoms with van der Waals surface area (Å²) in [5.74, 6) is 0.0419. The number of hydrogen-bond donors (Lipinski definition) is 1. The standard InChI is InChI=1S/C18H29N3O/c1-3-20-11-13-21(14-12-20)10-5-4-9-19-18(22)17-8-6-7-16(2)15-17/h6-8,15H,3-5,9-14H2,1-2H3,(H,19,22). The molecule has 0 atom stereocenters. The molecule has 122 valence electrons. The molecule has 0 saturated carbocycles. The van der Waals surface area contributed by atoms with Gasteiger partial charge in [-0.2, -0.15) is 0 Å². The lowest BCUT2D eigenvalue weighted by Crippen LogP contribution is -2.46. The number of carbonyl (C=O) groups is 1. The van der Waals surface area contributed by atoms with Crippen molar-refractivity contribution in [2.75, 3.05) is 45.8 Å². The quantitative estimate of drug-likeness (QED) is 0.784. The number of amides is 1. The van der Waals surface area contributed by atoms with Gasteiger partial charge in [-0.15, -0.1) is 0 Å². The Morgan fingerprint density at radius 1 is 1.14 bits per heavy atom. The zero-order valence-corrected chi connectivity index (χ0v) is 14.0. The van der Waals surface area contributed by atoms with Crippen molar-refractivity contribution in [1.82, 2.24) is 15.1 Å². The van der Waals surface area contributed by atoms with Crippen molar-refractivity contribution in [3.05, 3.63) is 35.4 Å². The number of benzene rings is 1. The van der Waals surface area contributed by atoms with Crippen LogP contribution in [0.15, 0.2) is 24.3 Å². The molecule has 1 aromatic rings. The first kappa shape index (κ1) is 17.0. The smallest absolute Gasteiger partial charge is 0.251 e. The van der Waals surface area contributed by atoms with Crippen molar-refractivity contribution >= 4 is 5.91 Å². The Morgan fingerprint density at radius 3 is 2.55 bits per heavy atom. The van der Waals surface area contributed by atoms with Gasteiger partial charge in [0, 0.05) is 38.3 Å². The van der Waals surface area contributed by atoms with Crippen LogP contribution in [0.3, 0.4) is 0 Å². The molecule has 0 unspecified atom stereocenters. The zero-order valence-electron chi connectivity index (χ0n) is 14.0. The Hall–Kier alpha value is -1.39. The lowest BCUT2D eigenvalue weighted by atomic mass is 10.1. The molecule has 0 aromatic heterocycles. The maximum absolute atomic E-state index is 12.0. The lowest BCUT2D eigenvalue weighted by molar-refractivity contribution is 0.0951. The van der Waals surface area contributed by atoms with Crippen molar-refractivity contribution in [1.29, 1.82) is 0 Å². The molecule has 4 nitrogen and oxygen atoms in total. The summed E-state index contributed by atoms with van der Waals surface area (Å²) in [6, 6.07) is 7.74. The van der Waals surface area contributed by atoms with Gasteiger partial charge in [0.05, 0.1) is 0 Å². The molecule has 1 fully saturated rings. The fourth-order valence-electron chi connectivity index (χ4n) is 2.88. The molecular formula is C18H29N3O. The summed E-state index contributed by atoms with van der Waals surface area (Å²) in [4.78, 5) is 17.0. The molecule has 2 rings (SSSR count). The highest BCUT2D eigenvalue weighted by Crippen LogP contribution is 2.05. The average Bonchev–Trinajstić information content (AvgIpc) is 2.55. The molecule has 1 N–H and O–H groups in total. The SMILES string of the molecule is CCN1CCN(CCCCNC(=O)c2cccc(C)c2)CC1. The fourth-order valence-corrected chi connectivity index (χ4v) is 2.88. The number of likely N-dealkylation sites (N-methyl/N-ethyl adjacent to an activating group) is 1. The van der Waals surface area contributed by atoms with Crippen LogP contribution >= 0.6 is 0 Å². The van der Waals surface area contributed by atoms with E-state index in [0.717, 1.165) is 37.1 Å². The van der Waals surface area contributed by atoms with Gasteiger partial charge in [-0.1, -0.05) is 24.6 Å². The van der Waals surface area contributed by atoms with Gasteiger partial charge in [0.25, 0.3) is 5.91 Å². The number of carbonyl (C=O) groups excluding carboxylic acids is 1. The second kappa shape index (κ2) is 8.91. The van der Waals surface area contributed by atoms with E-state index in [2.05, 4.69) is 22.0 Å². The summed E-state index contributed by atoms with van der Waals surface area (Å²) in [6.07, 6.45) is 2.20. The Kier molecular flexibility index (Phi) is 6.87. The van der Waals surface area contributed by atoms with Crippen LogP contribution in [0, 0.1) is 6.92 Å².